The molecule has 1 aromatic carbocycles. The molecule has 0 bridgehead atoms. The number of aromatic nitrogens is 3. The number of pyridine rings is 1. The van der Waals surface area contributed by atoms with Crippen molar-refractivity contribution in [3.05, 3.63) is 53.7 Å². The third-order valence-corrected chi connectivity index (χ3v) is 2.75. The lowest BCUT2D eigenvalue weighted by Gasteiger charge is -1.95. The van der Waals surface area contributed by atoms with Gasteiger partial charge in [-0.25, -0.2) is 0 Å². The first-order chi connectivity index (χ1) is 8.84. The molecular formula is C13H8ClN3O. The SMILES string of the molecule is Clc1ccccc1-c1noc(-c2ccccn2)n1. The Bertz CT molecular complexity index is 667. The van der Waals surface area contributed by atoms with Crippen molar-refractivity contribution < 1.29 is 4.52 Å². The fourth-order valence-electron chi connectivity index (χ4n) is 1.57. The lowest BCUT2D eigenvalue weighted by molar-refractivity contribution is 0.431. The average molecular weight is 258 g/mol. The molecule has 4 nitrogen and oxygen atoms in total. The summed E-state index contributed by atoms with van der Waals surface area (Å²) in [4.78, 5) is 8.44. The van der Waals surface area contributed by atoms with Gasteiger partial charge in [0.05, 0.1) is 5.02 Å². The summed E-state index contributed by atoms with van der Waals surface area (Å²) >= 11 is 6.08. The summed E-state index contributed by atoms with van der Waals surface area (Å²) in [5.74, 6) is 0.840. The summed E-state index contributed by atoms with van der Waals surface area (Å²) in [5.41, 5.74) is 1.38. The van der Waals surface area contributed by atoms with E-state index in [2.05, 4.69) is 15.1 Å². The van der Waals surface area contributed by atoms with Gasteiger partial charge in [0, 0.05) is 11.8 Å². The van der Waals surface area contributed by atoms with E-state index in [0.717, 1.165) is 5.56 Å². The Morgan fingerprint density at radius 2 is 1.83 bits per heavy atom. The van der Waals surface area contributed by atoms with Crippen molar-refractivity contribution in [2.45, 2.75) is 0 Å². The fraction of sp³-hybridized carbons (Fsp3) is 0. The summed E-state index contributed by atoms with van der Waals surface area (Å²) in [6, 6.07) is 12.9. The zero-order valence-corrected chi connectivity index (χ0v) is 10.0. The van der Waals surface area contributed by atoms with Crippen LogP contribution in [0.5, 0.6) is 0 Å². The highest BCUT2D eigenvalue weighted by Crippen LogP contribution is 2.26. The molecule has 2 aromatic heterocycles. The molecule has 0 aliphatic rings. The fourth-order valence-corrected chi connectivity index (χ4v) is 1.79. The van der Waals surface area contributed by atoms with Crippen molar-refractivity contribution >= 4 is 11.6 Å². The summed E-state index contributed by atoms with van der Waals surface area (Å²) in [6.45, 7) is 0. The predicted molar refractivity (Wildman–Crippen MR) is 68.0 cm³/mol. The van der Waals surface area contributed by atoms with Crippen LogP contribution in [-0.4, -0.2) is 15.1 Å². The molecule has 18 heavy (non-hydrogen) atoms. The summed E-state index contributed by atoms with van der Waals surface area (Å²) < 4.78 is 5.18. The van der Waals surface area contributed by atoms with Crippen LogP contribution in [-0.2, 0) is 0 Å². The summed E-state index contributed by atoms with van der Waals surface area (Å²) in [5, 5.41) is 4.50. The number of nitrogens with zero attached hydrogens (tertiary/aromatic N) is 3. The van der Waals surface area contributed by atoms with E-state index in [1.807, 2.05) is 36.4 Å². The van der Waals surface area contributed by atoms with Gasteiger partial charge in [0.25, 0.3) is 5.89 Å². The van der Waals surface area contributed by atoms with Gasteiger partial charge in [-0.2, -0.15) is 4.98 Å². The van der Waals surface area contributed by atoms with E-state index in [1.54, 1.807) is 12.3 Å². The minimum Gasteiger partial charge on any atom is -0.332 e. The molecule has 0 aliphatic heterocycles. The zero-order chi connectivity index (χ0) is 12.4. The first-order valence-corrected chi connectivity index (χ1v) is 5.72. The van der Waals surface area contributed by atoms with E-state index in [0.29, 0.717) is 22.4 Å². The molecule has 0 saturated carbocycles. The molecule has 0 spiro atoms. The smallest absolute Gasteiger partial charge is 0.276 e. The van der Waals surface area contributed by atoms with E-state index in [4.69, 9.17) is 16.1 Å². The molecule has 5 heteroatoms. The zero-order valence-electron chi connectivity index (χ0n) is 9.25. The van der Waals surface area contributed by atoms with Crippen molar-refractivity contribution in [1.82, 2.24) is 15.1 Å². The molecule has 0 unspecified atom stereocenters. The third kappa shape index (κ3) is 1.98. The molecule has 0 N–H and O–H groups in total. The van der Waals surface area contributed by atoms with Gasteiger partial charge in [0.1, 0.15) is 5.69 Å². The lowest BCUT2D eigenvalue weighted by Crippen LogP contribution is -1.83. The van der Waals surface area contributed by atoms with Crippen molar-refractivity contribution in [1.29, 1.82) is 0 Å². The molecule has 2 heterocycles. The van der Waals surface area contributed by atoms with Crippen LogP contribution in [0.1, 0.15) is 0 Å². The Morgan fingerprint density at radius 3 is 2.61 bits per heavy atom. The van der Waals surface area contributed by atoms with Crippen molar-refractivity contribution in [3.63, 3.8) is 0 Å². The van der Waals surface area contributed by atoms with E-state index >= 15 is 0 Å². The Hall–Kier alpha value is -2.20. The van der Waals surface area contributed by atoms with Crippen LogP contribution in [0.2, 0.25) is 5.02 Å². The monoisotopic (exact) mass is 257 g/mol. The Kier molecular flexibility index (Phi) is 2.78. The summed E-state index contributed by atoms with van der Waals surface area (Å²) in [6.07, 6.45) is 1.68. The second-order valence-corrected chi connectivity index (χ2v) is 4.03. The van der Waals surface area contributed by atoms with E-state index in [-0.39, 0.29) is 0 Å². The van der Waals surface area contributed by atoms with Gasteiger partial charge < -0.3 is 4.52 Å². The standard InChI is InChI=1S/C13H8ClN3O/c14-10-6-2-1-5-9(10)12-16-13(18-17-12)11-7-3-4-8-15-11/h1-8H. The van der Waals surface area contributed by atoms with Gasteiger partial charge in [-0.05, 0) is 24.3 Å². The molecule has 0 fully saturated rings. The first-order valence-electron chi connectivity index (χ1n) is 5.34. The van der Waals surface area contributed by atoms with Gasteiger partial charge in [-0.1, -0.05) is 35.0 Å². The minimum atomic E-state index is 0.380. The van der Waals surface area contributed by atoms with Gasteiger partial charge in [0.15, 0.2) is 0 Å². The molecular weight excluding hydrogens is 250 g/mol. The molecule has 0 radical (unpaired) electrons. The lowest BCUT2D eigenvalue weighted by atomic mass is 10.2. The molecule has 0 saturated heterocycles. The Morgan fingerprint density at radius 1 is 1.00 bits per heavy atom. The van der Waals surface area contributed by atoms with Crippen LogP contribution in [0, 0.1) is 0 Å². The third-order valence-electron chi connectivity index (χ3n) is 2.42. The van der Waals surface area contributed by atoms with E-state index < -0.39 is 0 Å². The van der Waals surface area contributed by atoms with Crippen molar-refractivity contribution in [2.75, 3.05) is 0 Å². The number of hydrogen-bond donors (Lipinski definition) is 0. The molecule has 0 aliphatic carbocycles. The van der Waals surface area contributed by atoms with E-state index in [1.165, 1.54) is 0 Å². The number of halogens is 1. The maximum Gasteiger partial charge on any atom is 0.276 e. The molecule has 0 amide bonds. The Labute approximate surface area is 108 Å². The second kappa shape index (κ2) is 4.58. The maximum atomic E-state index is 6.08. The molecule has 3 rings (SSSR count). The van der Waals surface area contributed by atoms with Crippen LogP contribution in [0.4, 0.5) is 0 Å². The first kappa shape index (κ1) is 10.9. The van der Waals surface area contributed by atoms with Crippen LogP contribution in [0.25, 0.3) is 23.0 Å². The quantitative estimate of drug-likeness (QED) is 0.706. The van der Waals surface area contributed by atoms with Crippen LogP contribution >= 0.6 is 11.6 Å². The molecule has 3 aromatic rings. The second-order valence-electron chi connectivity index (χ2n) is 3.62. The van der Waals surface area contributed by atoms with E-state index in [9.17, 15) is 0 Å². The highest BCUT2D eigenvalue weighted by molar-refractivity contribution is 6.33. The average Bonchev–Trinajstić information content (AvgIpc) is 2.90. The predicted octanol–water partition coefficient (Wildman–Crippen LogP) is 3.45. The van der Waals surface area contributed by atoms with Gasteiger partial charge in [-0.15, -0.1) is 0 Å². The van der Waals surface area contributed by atoms with Crippen molar-refractivity contribution in [3.8, 4) is 23.0 Å². The highest BCUT2D eigenvalue weighted by atomic mass is 35.5. The minimum absolute atomic E-state index is 0.380. The maximum absolute atomic E-state index is 6.08. The molecule has 0 atom stereocenters. The topological polar surface area (TPSA) is 51.8 Å². The van der Waals surface area contributed by atoms with Crippen LogP contribution < -0.4 is 0 Å². The summed E-state index contributed by atoms with van der Waals surface area (Å²) in [7, 11) is 0. The number of benzene rings is 1. The Balaban J connectivity index is 2.03. The molecule has 88 valence electrons. The number of rotatable bonds is 2. The van der Waals surface area contributed by atoms with Crippen LogP contribution in [0.15, 0.2) is 53.2 Å². The largest absolute Gasteiger partial charge is 0.332 e. The van der Waals surface area contributed by atoms with Crippen molar-refractivity contribution in [2.24, 2.45) is 0 Å². The normalized spacial score (nSPS) is 10.5. The van der Waals surface area contributed by atoms with Crippen LogP contribution in [0.3, 0.4) is 0 Å². The van der Waals surface area contributed by atoms with Gasteiger partial charge in [-0.3, -0.25) is 4.98 Å². The highest BCUT2D eigenvalue weighted by Gasteiger charge is 2.12. The van der Waals surface area contributed by atoms with Gasteiger partial charge in [0.2, 0.25) is 5.82 Å². The van der Waals surface area contributed by atoms with Gasteiger partial charge >= 0.3 is 0 Å². The number of hydrogen-bond acceptors (Lipinski definition) is 4.